The van der Waals surface area contributed by atoms with Crippen LogP contribution < -0.4 is 5.73 Å². The minimum atomic E-state index is 0.0314. The Morgan fingerprint density at radius 1 is 1.16 bits per heavy atom. The normalized spacial score (nSPS) is 10.4. The first-order chi connectivity index (χ1) is 9.06. The number of carbonyl (C=O) groups excluding carboxylic acids is 1. The molecule has 0 radical (unpaired) electrons. The molecule has 0 saturated heterocycles. The molecule has 0 amide bonds. The van der Waals surface area contributed by atoms with Crippen LogP contribution >= 0.6 is 23.2 Å². The molecule has 0 unspecified atom stereocenters. The quantitative estimate of drug-likeness (QED) is 0.941. The molecule has 0 aliphatic heterocycles. The van der Waals surface area contributed by atoms with Crippen LogP contribution in [0.3, 0.4) is 0 Å². The molecule has 0 bridgehead atoms. The lowest BCUT2D eigenvalue weighted by molar-refractivity contribution is -0.117. The smallest absolute Gasteiger partial charge is 0.141 e. The number of halogens is 2. The fraction of sp³-hybridized carbons (Fsp3) is 0.143. The number of pyridine rings is 1. The van der Waals surface area contributed by atoms with Gasteiger partial charge >= 0.3 is 0 Å². The molecule has 0 atom stereocenters. The van der Waals surface area contributed by atoms with Gasteiger partial charge in [0.25, 0.3) is 0 Å². The molecule has 2 rings (SSSR count). The summed E-state index contributed by atoms with van der Waals surface area (Å²) in [5, 5.41) is 1.05. The molecule has 5 heteroatoms. The highest BCUT2D eigenvalue weighted by Crippen LogP contribution is 2.22. The second kappa shape index (κ2) is 6.04. The van der Waals surface area contributed by atoms with E-state index >= 15 is 0 Å². The van der Waals surface area contributed by atoms with Gasteiger partial charge in [-0.3, -0.25) is 4.79 Å². The van der Waals surface area contributed by atoms with Gasteiger partial charge in [-0.05, 0) is 23.8 Å². The number of carbonyl (C=O) groups is 1. The Labute approximate surface area is 121 Å². The highest BCUT2D eigenvalue weighted by Gasteiger charge is 2.10. The van der Waals surface area contributed by atoms with Crippen molar-refractivity contribution in [1.82, 2.24) is 4.98 Å². The van der Waals surface area contributed by atoms with E-state index < -0.39 is 0 Å². The van der Waals surface area contributed by atoms with Gasteiger partial charge in [0.15, 0.2) is 0 Å². The largest absolute Gasteiger partial charge is 0.383 e. The maximum absolute atomic E-state index is 12.0. The molecule has 1 aromatic heterocycles. The van der Waals surface area contributed by atoms with Gasteiger partial charge < -0.3 is 5.73 Å². The van der Waals surface area contributed by atoms with Crippen molar-refractivity contribution in [2.24, 2.45) is 0 Å². The highest BCUT2D eigenvalue weighted by molar-refractivity contribution is 6.35. The van der Waals surface area contributed by atoms with E-state index in [0.717, 1.165) is 11.1 Å². The first kappa shape index (κ1) is 13.8. The zero-order valence-electron chi connectivity index (χ0n) is 10.1. The molecule has 3 nitrogen and oxygen atoms in total. The van der Waals surface area contributed by atoms with E-state index in [1.54, 1.807) is 36.5 Å². The maximum atomic E-state index is 12.0. The number of anilines is 1. The lowest BCUT2D eigenvalue weighted by atomic mass is 10.0. The summed E-state index contributed by atoms with van der Waals surface area (Å²) in [4.78, 5) is 15.9. The summed E-state index contributed by atoms with van der Waals surface area (Å²) in [6.45, 7) is 0. The number of nitrogens with zero attached hydrogens (tertiary/aromatic N) is 1. The Balaban J connectivity index is 2.08. The van der Waals surface area contributed by atoms with Crippen molar-refractivity contribution < 1.29 is 4.79 Å². The van der Waals surface area contributed by atoms with E-state index in [4.69, 9.17) is 28.9 Å². The molecule has 0 spiro atoms. The van der Waals surface area contributed by atoms with E-state index in [-0.39, 0.29) is 18.6 Å². The summed E-state index contributed by atoms with van der Waals surface area (Å²) in [5.74, 6) is 0.418. The number of Topliss-reactive ketones (excluding diaryl/α,β-unsaturated/α-hetero) is 1. The van der Waals surface area contributed by atoms with Crippen LogP contribution in [-0.2, 0) is 17.6 Å². The molecule has 1 heterocycles. The fourth-order valence-corrected chi connectivity index (χ4v) is 2.23. The minimum Gasteiger partial charge on any atom is -0.383 e. The Morgan fingerprint density at radius 3 is 2.58 bits per heavy atom. The van der Waals surface area contributed by atoms with Gasteiger partial charge in [-0.25, -0.2) is 4.98 Å². The third kappa shape index (κ3) is 3.69. The molecule has 19 heavy (non-hydrogen) atoms. The molecule has 2 N–H and O–H groups in total. The number of rotatable bonds is 4. The number of ketones is 1. The van der Waals surface area contributed by atoms with E-state index in [2.05, 4.69) is 4.98 Å². The molecular weight excluding hydrogens is 283 g/mol. The van der Waals surface area contributed by atoms with Gasteiger partial charge in [0.05, 0.1) is 0 Å². The monoisotopic (exact) mass is 294 g/mol. The fourth-order valence-electron chi connectivity index (χ4n) is 1.75. The van der Waals surface area contributed by atoms with Crippen molar-refractivity contribution in [2.45, 2.75) is 12.8 Å². The summed E-state index contributed by atoms with van der Waals surface area (Å²) in [5.41, 5.74) is 7.20. The van der Waals surface area contributed by atoms with Crippen LogP contribution in [0.15, 0.2) is 36.5 Å². The number of hydrogen-bond donors (Lipinski definition) is 1. The predicted molar refractivity (Wildman–Crippen MR) is 77.5 cm³/mol. The van der Waals surface area contributed by atoms with E-state index in [1.165, 1.54) is 0 Å². The third-order valence-corrected chi connectivity index (χ3v) is 3.30. The van der Waals surface area contributed by atoms with Crippen LogP contribution in [-0.4, -0.2) is 10.8 Å². The molecule has 98 valence electrons. The Morgan fingerprint density at radius 2 is 1.89 bits per heavy atom. The van der Waals surface area contributed by atoms with Gasteiger partial charge in [-0.15, -0.1) is 0 Å². The van der Waals surface area contributed by atoms with Gasteiger partial charge in [0.1, 0.15) is 11.6 Å². The standard InChI is InChI=1S/C14H12Cl2N2O/c15-11-4-3-9(13(16)8-11)6-12(19)7-10-2-1-5-18-14(10)17/h1-5,8H,6-7H2,(H2,17,18). The average Bonchev–Trinajstić information content (AvgIpc) is 2.36. The second-order valence-electron chi connectivity index (χ2n) is 4.18. The number of aromatic nitrogens is 1. The summed E-state index contributed by atoms with van der Waals surface area (Å²) in [6, 6.07) is 8.66. The van der Waals surface area contributed by atoms with Crippen LogP contribution in [0.5, 0.6) is 0 Å². The maximum Gasteiger partial charge on any atom is 0.141 e. The van der Waals surface area contributed by atoms with Crippen molar-refractivity contribution in [3.63, 3.8) is 0 Å². The van der Waals surface area contributed by atoms with Crippen molar-refractivity contribution in [1.29, 1.82) is 0 Å². The average molecular weight is 295 g/mol. The van der Waals surface area contributed by atoms with Gasteiger partial charge in [0.2, 0.25) is 0 Å². The first-order valence-electron chi connectivity index (χ1n) is 5.71. The predicted octanol–water partition coefficient (Wildman–Crippen LogP) is 3.32. The Kier molecular flexibility index (Phi) is 4.40. The summed E-state index contributed by atoms with van der Waals surface area (Å²) < 4.78 is 0. The molecule has 1 aromatic carbocycles. The first-order valence-corrected chi connectivity index (χ1v) is 6.47. The van der Waals surface area contributed by atoms with Crippen LogP contribution in [0.4, 0.5) is 5.82 Å². The van der Waals surface area contributed by atoms with Crippen LogP contribution in [0.25, 0.3) is 0 Å². The van der Waals surface area contributed by atoms with Crippen LogP contribution in [0.2, 0.25) is 10.0 Å². The molecule has 0 aliphatic carbocycles. The van der Waals surface area contributed by atoms with Crippen LogP contribution in [0.1, 0.15) is 11.1 Å². The molecule has 2 aromatic rings. The molecule has 0 saturated carbocycles. The van der Waals surface area contributed by atoms with Crippen molar-refractivity contribution in [3.8, 4) is 0 Å². The number of benzene rings is 1. The minimum absolute atomic E-state index is 0.0314. The summed E-state index contributed by atoms with van der Waals surface area (Å²) in [6.07, 6.45) is 2.10. The van der Waals surface area contributed by atoms with E-state index in [0.29, 0.717) is 15.9 Å². The van der Waals surface area contributed by atoms with Crippen molar-refractivity contribution >= 4 is 34.8 Å². The lowest BCUT2D eigenvalue weighted by Crippen LogP contribution is -2.09. The highest BCUT2D eigenvalue weighted by atomic mass is 35.5. The van der Waals surface area contributed by atoms with Gasteiger partial charge in [-0.1, -0.05) is 35.3 Å². The molecular formula is C14H12Cl2N2O. The Hall–Kier alpha value is -1.58. The summed E-state index contributed by atoms with van der Waals surface area (Å²) >= 11 is 11.8. The zero-order chi connectivity index (χ0) is 13.8. The zero-order valence-corrected chi connectivity index (χ0v) is 11.6. The van der Waals surface area contributed by atoms with Crippen molar-refractivity contribution in [3.05, 3.63) is 57.7 Å². The van der Waals surface area contributed by atoms with Gasteiger partial charge in [-0.2, -0.15) is 0 Å². The topological polar surface area (TPSA) is 56.0 Å². The molecule has 0 fully saturated rings. The Bertz CT molecular complexity index is 614. The second-order valence-corrected chi connectivity index (χ2v) is 5.02. The molecule has 0 aliphatic rings. The number of nitrogens with two attached hydrogens (primary N) is 1. The summed E-state index contributed by atoms with van der Waals surface area (Å²) in [7, 11) is 0. The van der Waals surface area contributed by atoms with E-state index in [9.17, 15) is 4.79 Å². The van der Waals surface area contributed by atoms with Crippen LogP contribution in [0, 0.1) is 0 Å². The van der Waals surface area contributed by atoms with Gasteiger partial charge in [0, 0.05) is 34.6 Å². The number of hydrogen-bond acceptors (Lipinski definition) is 3. The number of nitrogen functional groups attached to an aromatic ring is 1. The third-order valence-electron chi connectivity index (χ3n) is 2.72. The van der Waals surface area contributed by atoms with E-state index in [1.807, 2.05) is 0 Å². The van der Waals surface area contributed by atoms with Crippen molar-refractivity contribution in [2.75, 3.05) is 5.73 Å². The lowest BCUT2D eigenvalue weighted by Gasteiger charge is -2.06. The SMILES string of the molecule is Nc1ncccc1CC(=O)Cc1ccc(Cl)cc1Cl.